The van der Waals surface area contributed by atoms with Gasteiger partial charge in [0.25, 0.3) is 5.91 Å². The molecule has 0 aliphatic carbocycles. The topological polar surface area (TPSA) is 29.1 Å². The summed E-state index contributed by atoms with van der Waals surface area (Å²) in [6.07, 6.45) is 5.04. The van der Waals surface area contributed by atoms with Gasteiger partial charge in [-0.25, -0.2) is 4.39 Å². The summed E-state index contributed by atoms with van der Waals surface area (Å²) < 4.78 is 13.8. The number of benzene rings is 1. The van der Waals surface area contributed by atoms with Crippen molar-refractivity contribution in [2.24, 2.45) is 0 Å². The molecule has 2 nitrogen and oxygen atoms in total. The van der Waals surface area contributed by atoms with Crippen LogP contribution in [0.2, 0.25) is 0 Å². The third-order valence-corrected chi connectivity index (χ3v) is 3.17. The minimum atomic E-state index is -0.305. The summed E-state index contributed by atoms with van der Waals surface area (Å²) in [5.41, 5.74) is 0. The van der Waals surface area contributed by atoms with Crippen molar-refractivity contribution in [3.63, 3.8) is 0 Å². The smallest absolute Gasteiger partial charge is 0.262 e. The number of carbonyl (C=O) groups is 1. The SMILES string of the molecule is C#CCNC(=O)c1cc2cc(F)ccc2s1. The summed E-state index contributed by atoms with van der Waals surface area (Å²) in [4.78, 5) is 12.1. The zero-order valence-electron chi connectivity index (χ0n) is 8.29. The van der Waals surface area contributed by atoms with E-state index in [2.05, 4.69) is 11.2 Å². The number of nitrogens with one attached hydrogen (secondary N) is 1. The largest absolute Gasteiger partial charge is 0.340 e. The fraction of sp³-hybridized carbons (Fsp3) is 0.0833. The molecule has 0 aliphatic rings. The van der Waals surface area contributed by atoms with Crippen LogP contribution in [0.4, 0.5) is 4.39 Å². The van der Waals surface area contributed by atoms with Gasteiger partial charge in [0.2, 0.25) is 0 Å². The van der Waals surface area contributed by atoms with E-state index >= 15 is 0 Å². The molecule has 2 rings (SSSR count). The monoisotopic (exact) mass is 233 g/mol. The van der Waals surface area contributed by atoms with E-state index < -0.39 is 0 Å². The molecule has 0 spiro atoms. The van der Waals surface area contributed by atoms with Crippen molar-refractivity contribution in [3.05, 3.63) is 35.0 Å². The molecule has 2 aromatic rings. The lowest BCUT2D eigenvalue weighted by Gasteiger charge is -1.95. The molecule has 0 atom stereocenters. The number of halogens is 1. The van der Waals surface area contributed by atoms with Crippen LogP contribution in [0, 0.1) is 18.2 Å². The molecular weight excluding hydrogens is 225 g/mol. The number of terminal acetylenes is 1. The third kappa shape index (κ3) is 2.05. The molecule has 0 unspecified atom stereocenters. The number of hydrogen-bond donors (Lipinski definition) is 1. The minimum Gasteiger partial charge on any atom is -0.340 e. The molecule has 1 amide bonds. The van der Waals surface area contributed by atoms with Gasteiger partial charge in [-0.15, -0.1) is 17.8 Å². The van der Waals surface area contributed by atoms with Crippen LogP contribution in [-0.4, -0.2) is 12.5 Å². The van der Waals surface area contributed by atoms with E-state index in [0.717, 1.165) is 10.1 Å². The van der Waals surface area contributed by atoms with Crippen LogP contribution in [0.1, 0.15) is 9.67 Å². The Morgan fingerprint density at radius 2 is 2.31 bits per heavy atom. The Kier molecular flexibility index (Phi) is 2.88. The van der Waals surface area contributed by atoms with Gasteiger partial charge in [0, 0.05) is 4.70 Å². The highest BCUT2D eigenvalue weighted by Crippen LogP contribution is 2.26. The van der Waals surface area contributed by atoms with E-state index in [1.54, 1.807) is 12.1 Å². The van der Waals surface area contributed by atoms with Crippen molar-refractivity contribution >= 4 is 27.3 Å². The molecule has 0 saturated carbocycles. The molecule has 1 N–H and O–H groups in total. The second-order valence-corrected chi connectivity index (χ2v) is 4.26. The first-order valence-electron chi connectivity index (χ1n) is 4.61. The van der Waals surface area contributed by atoms with Gasteiger partial charge in [-0.2, -0.15) is 0 Å². The zero-order chi connectivity index (χ0) is 11.5. The van der Waals surface area contributed by atoms with Crippen molar-refractivity contribution < 1.29 is 9.18 Å². The fourth-order valence-electron chi connectivity index (χ4n) is 1.34. The number of fused-ring (bicyclic) bond motifs is 1. The van der Waals surface area contributed by atoms with Crippen LogP contribution in [0.15, 0.2) is 24.3 Å². The van der Waals surface area contributed by atoms with Gasteiger partial charge in [0.1, 0.15) is 5.82 Å². The van der Waals surface area contributed by atoms with E-state index in [4.69, 9.17) is 6.42 Å². The van der Waals surface area contributed by atoms with Gasteiger partial charge in [-0.05, 0) is 29.7 Å². The maximum absolute atomic E-state index is 12.9. The van der Waals surface area contributed by atoms with E-state index in [-0.39, 0.29) is 18.3 Å². The van der Waals surface area contributed by atoms with Crippen molar-refractivity contribution in [3.8, 4) is 12.3 Å². The van der Waals surface area contributed by atoms with Crippen LogP contribution < -0.4 is 5.32 Å². The highest BCUT2D eigenvalue weighted by molar-refractivity contribution is 7.20. The summed E-state index contributed by atoms with van der Waals surface area (Å²) in [5.74, 6) is 1.80. The summed E-state index contributed by atoms with van der Waals surface area (Å²) in [7, 11) is 0. The number of rotatable bonds is 2. The molecule has 1 heterocycles. The Labute approximate surface area is 96.1 Å². The first-order valence-corrected chi connectivity index (χ1v) is 5.43. The van der Waals surface area contributed by atoms with Gasteiger partial charge >= 0.3 is 0 Å². The van der Waals surface area contributed by atoms with Crippen molar-refractivity contribution in [2.45, 2.75) is 0 Å². The van der Waals surface area contributed by atoms with E-state index in [1.165, 1.54) is 23.5 Å². The minimum absolute atomic E-state index is 0.196. The van der Waals surface area contributed by atoms with Gasteiger partial charge in [-0.1, -0.05) is 5.92 Å². The van der Waals surface area contributed by atoms with Crippen LogP contribution in [0.25, 0.3) is 10.1 Å². The third-order valence-electron chi connectivity index (χ3n) is 2.05. The van der Waals surface area contributed by atoms with E-state index in [9.17, 15) is 9.18 Å². The number of carbonyl (C=O) groups excluding carboxylic acids is 1. The maximum Gasteiger partial charge on any atom is 0.262 e. The van der Waals surface area contributed by atoms with Gasteiger partial charge in [-0.3, -0.25) is 4.79 Å². The molecule has 1 aromatic heterocycles. The predicted octanol–water partition coefficient (Wildman–Crippen LogP) is 2.40. The first kappa shape index (κ1) is 10.7. The average Bonchev–Trinajstić information content (AvgIpc) is 2.68. The lowest BCUT2D eigenvalue weighted by atomic mass is 10.2. The molecule has 0 bridgehead atoms. The lowest BCUT2D eigenvalue weighted by molar-refractivity contribution is 0.0963. The van der Waals surface area contributed by atoms with Crippen molar-refractivity contribution in [2.75, 3.05) is 6.54 Å². The quantitative estimate of drug-likeness (QED) is 0.793. The first-order chi connectivity index (χ1) is 7.70. The molecule has 16 heavy (non-hydrogen) atoms. The van der Waals surface area contributed by atoms with Crippen LogP contribution in [0.5, 0.6) is 0 Å². The molecule has 0 fully saturated rings. The Hall–Kier alpha value is -1.86. The van der Waals surface area contributed by atoms with Gasteiger partial charge in [0.15, 0.2) is 0 Å². The highest BCUT2D eigenvalue weighted by atomic mass is 32.1. The molecule has 80 valence electrons. The summed E-state index contributed by atoms with van der Waals surface area (Å²) >= 11 is 1.32. The average molecular weight is 233 g/mol. The Morgan fingerprint density at radius 1 is 1.50 bits per heavy atom. The zero-order valence-corrected chi connectivity index (χ0v) is 9.10. The van der Waals surface area contributed by atoms with Crippen molar-refractivity contribution in [1.82, 2.24) is 5.32 Å². The second kappa shape index (κ2) is 4.33. The second-order valence-electron chi connectivity index (χ2n) is 3.18. The fourth-order valence-corrected chi connectivity index (χ4v) is 2.30. The number of hydrogen-bond acceptors (Lipinski definition) is 2. The molecule has 1 aromatic carbocycles. The number of amides is 1. The summed E-state index contributed by atoms with van der Waals surface area (Å²) in [6, 6.07) is 6.11. The van der Waals surface area contributed by atoms with E-state index in [0.29, 0.717) is 4.88 Å². The van der Waals surface area contributed by atoms with Gasteiger partial charge < -0.3 is 5.32 Å². The highest BCUT2D eigenvalue weighted by Gasteiger charge is 2.09. The molecule has 0 aliphatic heterocycles. The van der Waals surface area contributed by atoms with Crippen LogP contribution in [-0.2, 0) is 0 Å². The lowest BCUT2D eigenvalue weighted by Crippen LogP contribution is -2.22. The number of thiophene rings is 1. The normalized spacial score (nSPS) is 10.0. The Bertz CT molecular complexity index is 582. The Morgan fingerprint density at radius 3 is 3.06 bits per heavy atom. The van der Waals surface area contributed by atoms with Crippen LogP contribution in [0.3, 0.4) is 0 Å². The molecular formula is C12H8FNOS. The van der Waals surface area contributed by atoms with Gasteiger partial charge in [0.05, 0.1) is 11.4 Å². The molecule has 4 heteroatoms. The maximum atomic E-state index is 12.9. The molecule has 0 saturated heterocycles. The predicted molar refractivity (Wildman–Crippen MR) is 62.9 cm³/mol. The van der Waals surface area contributed by atoms with Crippen LogP contribution >= 0.6 is 11.3 Å². The Balaban J connectivity index is 2.33. The summed E-state index contributed by atoms with van der Waals surface area (Å²) in [6.45, 7) is 0.196. The standard InChI is InChI=1S/C12H8FNOS/c1-2-5-14-12(15)11-7-8-6-9(13)3-4-10(8)16-11/h1,3-4,6-7H,5H2,(H,14,15). The van der Waals surface area contributed by atoms with E-state index in [1.807, 2.05) is 0 Å². The molecule has 0 radical (unpaired) electrons. The summed E-state index contributed by atoms with van der Waals surface area (Å²) in [5, 5.41) is 3.30. The van der Waals surface area contributed by atoms with Crippen molar-refractivity contribution in [1.29, 1.82) is 0 Å².